The van der Waals surface area contributed by atoms with E-state index < -0.39 is 0 Å². The standard InChI is InChI=1S/C24H20N4O2/c1-17-11-13-19(14-12-17)26-22(29)16-28-21-10-6-5-9-20(21)23(24(28)30)27-25-15-18-7-3-2-4-8-18/h2-15H,16H2,1H3,(H,26,29)/b25-15+,27-23-. The van der Waals surface area contributed by atoms with Crippen molar-refractivity contribution in [2.45, 2.75) is 6.92 Å². The molecule has 0 saturated heterocycles. The molecule has 6 nitrogen and oxygen atoms in total. The van der Waals surface area contributed by atoms with E-state index in [-0.39, 0.29) is 24.1 Å². The first kappa shape index (κ1) is 19.3. The highest BCUT2D eigenvalue weighted by atomic mass is 16.2. The van der Waals surface area contributed by atoms with Gasteiger partial charge in [0.15, 0.2) is 5.71 Å². The summed E-state index contributed by atoms with van der Waals surface area (Å²) < 4.78 is 0. The van der Waals surface area contributed by atoms with E-state index in [4.69, 9.17) is 0 Å². The average Bonchev–Trinajstić information content (AvgIpc) is 3.02. The summed E-state index contributed by atoms with van der Waals surface area (Å²) in [5, 5.41) is 11.1. The number of para-hydroxylation sites is 1. The summed E-state index contributed by atoms with van der Waals surface area (Å²) in [6.07, 6.45) is 1.59. The summed E-state index contributed by atoms with van der Waals surface area (Å²) in [7, 11) is 0. The van der Waals surface area contributed by atoms with Crippen molar-refractivity contribution in [2.24, 2.45) is 10.2 Å². The van der Waals surface area contributed by atoms with Crippen LogP contribution in [0.2, 0.25) is 0 Å². The minimum absolute atomic E-state index is 0.106. The first-order valence-electron chi connectivity index (χ1n) is 9.56. The highest BCUT2D eigenvalue weighted by molar-refractivity contribution is 6.54. The quantitative estimate of drug-likeness (QED) is 0.526. The third kappa shape index (κ3) is 4.17. The number of fused-ring (bicyclic) bond motifs is 1. The maximum absolute atomic E-state index is 13.0. The molecule has 0 spiro atoms. The van der Waals surface area contributed by atoms with Crippen molar-refractivity contribution in [3.8, 4) is 0 Å². The highest BCUT2D eigenvalue weighted by Crippen LogP contribution is 2.29. The molecule has 2 amide bonds. The van der Waals surface area contributed by atoms with E-state index >= 15 is 0 Å². The number of benzene rings is 3. The van der Waals surface area contributed by atoms with Gasteiger partial charge < -0.3 is 5.32 Å². The van der Waals surface area contributed by atoms with Crippen molar-refractivity contribution >= 4 is 35.1 Å². The number of hydrogen-bond acceptors (Lipinski definition) is 4. The van der Waals surface area contributed by atoms with Crippen LogP contribution in [0.25, 0.3) is 0 Å². The molecule has 0 unspecified atom stereocenters. The summed E-state index contributed by atoms with van der Waals surface area (Å²) in [4.78, 5) is 26.9. The van der Waals surface area contributed by atoms with E-state index in [1.807, 2.05) is 79.7 Å². The zero-order valence-corrected chi connectivity index (χ0v) is 16.4. The number of nitrogens with one attached hydrogen (secondary N) is 1. The maximum Gasteiger partial charge on any atom is 0.279 e. The molecule has 0 aliphatic carbocycles. The van der Waals surface area contributed by atoms with Gasteiger partial charge in [-0.25, -0.2) is 0 Å². The van der Waals surface area contributed by atoms with Gasteiger partial charge in [-0.15, -0.1) is 5.10 Å². The molecular weight excluding hydrogens is 376 g/mol. The maximum atomic E-state index is 13.0. The summed E-state index contributed by atoms with van der Waals surface area (Å²) in [6.45, 7) is 1.87. The molecule has 3 aromatic rings. The molecule has 3 aromatic carbocycles. The fraction of sp³-hybridized carbons (Fsp3) is 0.0833. The first-order valence-corrected chi connectivity index (χ1v) is 9.56. The Morgan fingerprint density at radius 3 is 2.43 bits per heavy atom. The summed E-state index contributed by atoms with van der Waals surface area (Å²) in [5.74, 6) is -0.628. The van der Waals surface area contributed by atoms with E-state index in [2.05, 4.69) is 15.5 Å². The molecule has 1 heterocycles. The Hall–Kier alpha value is -4.06. The lowest BCUT2D eigenvalue weighted by Gasteiger charge is -2.16. The van der Waals surface area contributed by atoms with Crippen molar-refractivity contribution < 1.29 is 9.59 Å². The summed E-state index contributed by atoms with van der Waals surface area (Å²) in [5.41, 5.74) is 4.21. The second kappa shape index (κ2) is 8.53. The fourth-order valence-electron chi connectivity index (χ4n) is 3.19. The zero-order chi connectivity index (χ0) is 20.9. The Balaban J connectivity index is 1.54. The number of aryl methyl sites for hydroxylation is 1. The van der Waals surface area contributed by atoms with Crippen molar-refractivity contribution in [2.75, 3.05) is 16.8 Å². The number of rotatable bonds is 5. The molecule has 0 saturated carbocycles. The molecule has 1 aliphatic rings. The van der Waals surface area contributed by atoms with E-state index in [1.54, 1.807) is 12.3 Å². The topological polar surface area (TPSA) is 74.1 Å². The normalized spacial score (nSPS) is 14.4. The lowest BCUT2D eigenvalue weighted by Crippen LogP contribution is -2.37. The van der Waals surface area contributed by atoms with Gasteiger partial charge in [-0.3, -0.25) is 14.5 Å². The first-order chi connectivity index (χ1) is 14.6. The summed E-state index contributed by atoms with van der Waals surface area (Å²) >= 11 is 0. The molecular formula is C24H20N4O2. The van der Waals surface area contributed by atoms with Gasteiger partial charge >= 0.3 is 0 Å². The SMILES string of the molecule is Cc1ccc(NC(=O)CN2C(=O)/C(=N\N=C\c3ccccc3)c3ccccc32)cc1. The number of amides is 2. The van der Waals surface area contributed by atoms with Crippen LogP contribution in [0.3, 0.4) is 0 Å². The van der Waals surface area contributed by atoms with Crippen LogP contribution in [-0.4, -0.2) is 30.3 Å². The van der Waals surface area contributed by atoms with Gasteiger partial charge in [0.2, 0.25) is 5.91 Å². The van der Waals surface area contributed by atoms with Crippen LogP contribution in [0.15, 0.2) is 89.1 Å². The predicted octanol–water partition coefficient (Wildman–Crippen LogP) is 3.80. The minimum Gasteiger partial charge on any atom is -0.325 e. The van der Waals surface area contributed by atoms with E-state index in [0.29, 0.717) is 16.9 Å². The third-order valence-corrected chi connectivity index (χ3v) is 4.70. The monoisotopic (exact) mass is 396 g/mol. The van der Waals surface area contributed by atoms with Gasteiger partial charge in [0, 0.05) is 11.3 Å². The second-order valence-electron chi connectivity index (χ2n) is 6.93. The van der Waals surface area contributed by atoms with Crippen molar-refractivity contribution in [3.63, 3.8) is 0 Å². The second-order valence-corrected chi connectivity index (χ2v) is 6.93. The Kier molecular flexibility index (Phi) is 5.48. The van der Waals surface area contributed by atoms with Crippen LogP contribution in [0.4, 0.5) is 11.4 Å². The van der Waals surface area contributed by atoms with Crippen molar-refractivity contribution in [1.29, 1.82) is 0 Å². The van der Waals surface area contributed by atoms with Crippen LogP contribution in [0.1, 0.15) is 16.7 Å². The van der Waals surface area contributed by atoms with Gasteiger partial charge in [-0.2, -0.15) is 5.10 Å². The Morgan fingerprint density at radius 1 is 0.967 bits per heavy atom. The van der Waals surface area contributed by atoms with Crippen molar-refractivity contribution in [1.82, 2.24) is 0 Å². The van der Waals surface area contributed by atoms with E-state index in [1.165, 1.54) is 4.90 Å². The molecule has 4 rings (SSSR count). The Morgan fingerprint density at radius 2 is 1.67 bits per heavy atom. The smallest absolute Gasteiger partial charge is 0.279 e. The van der Waals surface area contributed by atoms with Crippen LogP contribution in [0.5, 0.6) is 0 Å². The number of carbonyl (C=O) groups is 2. The van der Waals surface area contributed by atoms with Crippen LogP contribution in [-0.2, 0) is 9.59 Å². The molecule has 148 valence electrons. The number of nitrogens with zero attached hydrogens (tertiary/aromatic N) is 3. The number of hydrogen-bond donors (Lipinski definition) is 1. The van der Waals surface area contributed by atoms with Gasteiger partial charge in [-0.05, 0) is 30.7 Å². The molecule has 0 fully saturated rings. The largest absolute Gasteiger partial charge is 0.325 e. The van der Waals surface area contributed by atoms with Crippen LogP contribution >= 0.6 is 0 Å². The predicted molar refractivity (Wildman–Crippen MR) is 119 cm³/mol. The van der Waals surface area contributed by atoms with Crippen LogP contribution in [0, 0.1) is 6.92 Å². The molecule has 1 N–H and O–H groups in total. The fourth-order valence-corrected chi connectivity index (χ4v) is 3.19. The molecule has 30 heavy (non-hydrogen) atoms. The van der Waals surface area contributed by atoms with E-state index in [9.17, 15) is 9.59 Å². The molecule has 0 bridgehead atoms. The third-order valence-electron chi connectivity index (χ3n) is 4.70. The number of carbonyl (C=O) groups excluding carboxylic acids is 2. The van der Waals surface area contributed by atoms with Crippen LogP contribution < -0.4 is 10.2 Å². The Labute approximate surface area is 174 Å². The highest BCUT2D eigenvalue weighted by Gasteiger charge is 2.35. The van der Waals surface area contributed by atoms with Gasteiger partial charge in [0.25, 0.3) is 5.91 Å². The lowest BCUT2D eigenvalue weighted by molar-refractivity contribution is -0.118. The van der Waals surface area contributed by atoms with Gasteiger partial charge in [0.1, 0.15) is 6.54 Å². The average molecular weight is 396 g/mol. The Bertz CT molecular complexity index is 1140. The van der Waals surface area contributed by atoms with E-state index in [0.717, 1.165) is 11.1 Å². The molecule has 6 heteroatoms. The van der Waals surface area contributed by atoms with Crippen molar-refractivity contribution in [3.05, 3.63) is 95.6 Å². The van der Waals surface area contributed by atoms with Gasteiger partial charge in [0.05, 0.1) is 11.9 Å². The minimum atomic E-state index is -0.347. The molecule has 0 atom stereocenters. The molecule has 0 radical (unpaired) electrons. The molecule has 0 aromatic heterocycles. The molecule has 1 aliphatic heterocycles. The zero-order valence-electron chi connectivity index (χ0n) is 16.4. The lowest BCUT2D eigenvalue weighted by atomic mass is 10.1. The summed E-state index contributed by atoms with van der Waals surface area (Å²) in [6, 6.07) is 24.3. The number of anilines is 2. The van der Waals surface area contributed by atoms with Gasteiger partial charge in [-0.1, -0.05) is 66.2 Å².